The number of aliphatic hydroxyl groups excluding tert-OH is 2. The fourth-order valence-electron chi connectivity index (χ4n) is 12.6. The maximum Gasteiger partial charge on any atom is 0.309 e. The number of benzene rings is 1. The highest BCUT2D eigenvalue weighted by molar-refractivity contribution is 5.73. The first-order valence-corrected chi connectivity index (χ1v) is 27.5. The molecule has 0 radical (unpaired) electrons. The number of nitrogens with one attached hydrogen (secondary N) is 1. The molecule has 6 rings (SSSR count). The van der Waals surface area contributed by atoms with Gasteiger partial charge in [0.15, 0.2) is 12.4 Å². The second-order valence-electron chi connectivity index (χ2n) is 23.4. The number of cyclic esters (lactones) is 1. The maximum absolute atomic E-state index is 15.1. The Labute approximate surface area is 450 Å². The number of carbonyl (C=O) groups is 2. The van der Waals surface area contributed by atoms with Crippen molar-refractivity contribution in [3.05, 3.63) is 66.3 Å². The third-order valence-corrected chi connectivity index (χ3v) is 17.2. The number of quaternary nitrogens is 1. The average molecular weight is 1070 g/mol. The highest BCUT2D eigenvalue weighted by Gasteiger charge is 2.54. The van der Waals surface area contributed by atoms with E-state index in [0.717, 1.165) is 16.8 Å². The van der Waals surface area contributed by atoms with Crippen molar-refractivity contribution in [3.63, 3.8) is 0 Å². The molecular formula is C57H92FN6O12+. The van der Waals surface area contributed by atoms with Gasteiger partial charge in [-0.05, 0) is 109 Å². The first kappa shape index (κ1) is 61.5. The number of hydrogen-bond acceptors (Lipinski definition) is 17. The quantitative estimate of drug-likeness (QED) is 0.104. The molecule has 0 bridgehead atoms. The number of likely N-dealkylation sites (N-methyl/N-ethyl adjacent to an activating group) is 1. The molecule has 19 heteroatoms. The van der Waals surface area contributed by atoms with Gasteiger partial charge in [0.1, 0.15) is 42.3 Å². The first-order chi connectivity index (χ1) is 35.7. The summed E-state index contributed by atoms with van der Waals surface area (Å²) in [5.74, 6) is -3.41. The third kappa shape index (κ3) is 14.4. The lowest BCUT2D eigenvalue weighted by Gasteiger charge is -2.51. The molecule has 5 heterocycles. The van der Waals surface area contributed by atoms with Crippen LogP contribution in [0.3, 0.4) is 0 Å². The largest absolute Gasteiger partial charge is 0.459 e. The van der Waals surface area contributed by atoms with E-state index in [1.165, 1.54) is 13.8 Å². The highest BCUT2D eigenvalue weighted by Crippen LogP contribution is 2.45. The van der Waals surface area contributed by atoms with E-state index in [1.807, 2.05) is 94.6 Å². The fourth-order valence-corrected chi connectivity index (χ4v) is 12.6. The van der Waals surface area contributed by atoms with Gasteiger partial charge in [-0.2, -0.15) is 0 Å². The zero-order chi connectivity index (χ0) is 56.0. The van der Waals surface area contributed by atoms with Gasteiger partial charge < -0.3 is 58.6 Å². The van der Waals surface area contributed by atoms with Gasteiger partial charge in [0.25, 0.3) is 0 Å². The lowest BCUT2D eigenvalue weighted by atomic mass is 9.68. The van der Waals surface area contributed by atoms with E-state index in [-0.39, 0.29) is 37.3 Å². The summed E-state index contributed by atoms with van der Waals surface area (Å²) in [6.07, 6.45) is 0.398. The van der Waals surface area contributed by atoms with Crippen LogP contribution in [0.4, 0.5) is 4.39 Å². The molecule has 2 aromatic rings. The number of methoxy groups -OCH3 is 1. The molecule has 3 fully saturated rings. The molecule has 0 aliphatic carbocycles. The second-order valence-corrected chi connectivity index (χ2v) is 23.4. The third-order valence-electron chi connectivity index (χ3n) is 17.2. The molecule has 1 aromatic heterocycles. The molecule has 4 aliphatic heterocycles. The zero-order valence-electron chi connectivity index (χ0n) is 47.6. The molecule has 7 N–H and O–H groups in total. The van der Waals surface area contributed by atoms with Crippen molar-refractivity contribution >= 4 is 11.9 Å². The number of hydrazine groups is 1. The fraction of sp³-hybridized carbons (Fsp3) is 0.737. The van der Waals surface area contributed by atoms with Gasteiger partial charge in [-0.15, -0.1) is 0 Å². The number of rotatable bonds is 15. The van der Waals surface area contributed by atoms with Gasteiger partial charge in [-0.25, -0.2) is 9.82 Å². The summed E-state index contributed by atoms with van der Waals surface area (Å²) in [4.78, 5) is 35.5. The van der Waals surface area contributed by atoms with E-state index in [0.29, 0.717) is 37.9 Å². The molecule has 0 spiro atoms. The van der Waals surface area contributed by atoms with Crippen LogP contribution in [0.5, 0.6) is 0 Å². The molecule has 19 atom stereocenters. The van der Waals surface area contributed by atoms with E-state index >= 15 is 4.39 Å². The summed E-state index contributed by atoms with van der Waals surface area (Å²) >= 11 is 0. The van der Waals surface area contributed by atoms with Gasteiger partial charge in [0.2, 0.25) is 0 Å². The normalized spacial score (nSPS) is 38.4. The van der Waals surface area contributed by atoms with Crippen LogP contribution in [0, 0.1) is 23.7 Å². The predicted molar refractivity (Wildman–Crippen MR) is 284 cm³/mol. The number of aliphatic hydroxyl groups is 4. The topological polar surface area (TPSA) is 222 Å². The van der Waals surface area contributed by atoms with Gasteiger partial charge in [-0.3, -0.25) is 19.6 Å². The Morgan fingerprint density at radius 3 is 2.33 bits per heavy atom. The Morgan fingerprint density at radius 1 is 1.01 bits per heavy atom. The molecule has 19 unspecified atom stereocenters. The van der Waals surface area contributed by atoms with Crippen LogP contribution in [0.25, 0.3) is 11.1 Å². The second kappa shape index (κ2) is 26.1. The van der Waals surface area contributed by atoms with Crippen molar-refractivity contribution in [2.45, 2.75) is 205 Å². The van der Waals surface area contributed by atoms with Crippen LogP contribution in [0.2, 0.25) is 0 Å². The summed E-state index contributed by atoms with van der Waals surface area (Å²) in [5, 5.41) is 49.6. The summed E-state index contributed by atoms with van der Waals surface area (Å²) < 4.78 is 53.5. The van der Waals surface area contributed by atoms with E-state index in [9.17, 15) is 30.0 Å². The van der Waals surface area contributed by atoms with Gasteiger partial charge in [-0.1, -0.05) is 63.6 Å². The number of esters is 2. The molecule has 1 aromatic carbocycles. The number of nitrogens with two attached hydrogens (primary N) is 1. The standard InChI is InChI=1S/C57H91FN6O12/c1-15-47-57(11,70)51(66)37(6)63(13)31-33(2)27-55(9,69)53(35(4)49(36(5)54(68)75-47)46-28-56(10,71-14)52(67)38(7)73-46)76-48-26-44(25-34(3)72-48)62(12)24-22-43-32-64(61-60-43)45(29-58)50(74-39(8)65)41-20-18-40(19-21-41)42-17-16-23-59-30-42/h16-21,23,30,32-38,44-53,60-61,66-67,69-70H,15,22,24-29,31H2,1-14H3/p+1. The molecule has 428 valence electrons. The van der Waals surface area contributed by atoms with Gasteiger partial charge >= 0.3 is 11.9 Å². The average Bonchev–Trinajstić information content (AvgIpc) is 3.86. The minimum atomic E-state index is -1.81. The number of ether oxygens (including phenoxy) is 6. The Balaban J connectivity index is 1.24. The molecule has 76 heavy (non-hydrogen) atoms. The van der Waals surface area contributed by atoms with Gasteiger partial charge in [0, 0.05) is 76.8 Å². The Kier molecular flexibility index (Phi) is 21.1. The minimum absolute atomic E-state index is 0.000660. The summed E-state index contributed by atoms with van der Waals surface area (Å²) in [6, 6.07) is 9.93. The zero-order valence-corrected chi connectivity index (χ0v) is 47.6. The Hall–Kier alpha value is -3.70. The SMILES string of the molecule is CCC1OC(=O)C(C)C(C2CC(C)(OC)C(O)C(C)O2)C(C)C(OC2CC(N(C)CCC3=CN(C(CF)C(OC(C)=O)c4ccc(-c5cccnc5)cc4)N[NH2+]3)CC(C)O2)C(C)(O)CC(C)CN(C)C(C)C(O)C1(C)O. The summed E-state index contributed by atoms with van der Waals surface area (Å²) in [7, 11) is 5.47. The van der Waals surface area contributed by atoms with Crippen molar-refractivity contribution in [2.75, 3.05) is 41.0 Å². The highest BCUT2D eigenvalue weighted by atomic mass is 19.1. The minimum Gasteiger partial charge on any atom is -0.459 e. The van der Waals surface area contributed by atoms with E-state index < -0.39 is 114 Å². The number of aromatic nitrogens is 1. The van der Waals surface area contributed by atoms with Crippen LogP contribution in [0.15, 0.2) is 60.7 Å². The van der Waals surface area contributed by atoms with Gasteiger partial charge in [0.05, 0.1) is 47.7 Å². The van der Waals surface area contributed by atoms with Crippen LogP contribution in [-0.4, -0.2) is 177 Å². The lowest BCUT2D eigenvalue weighted by molar-refractivity contribution is -0.679. The molecule has 4 aliphatic rings. The number of halogens is 1. The number of hydrogen-bond donors (Lipinski definition) is 6. The van der Waals surface area contributed by atoms with E-state index in [2.05, 4.69) is 22.5 Å². The smallest absolute Gasteiger partial charge is 0.309 e. The van der Waals surface area contributed by atoms with Crippen LogP contribution in [-0.2, 0) is 38.0 Å². The van der Waals surface area contributed by atoms with Crippen molar-refractivity contribution in [3.8, 4) is 11.1 Å². The van der Waals surface area contributed by atoms with Crippen molar-refractivity contribution in [2.24, 2.45) is 23.7 Å². The summed E-state index contributed by atoms with van der Waals surface area (Å²) in [5.41, 5.74) is 4.15. The first-order valence-electron chi connectivity index (χ1n) is 27.5. The van der Waals surface area contributed by atoms with Crippen molar-refractivity contribution in [1.29, 1.82) is 0 Å². The van der Waals surface area contributed by atoms with Crippen LogP contribution >= 0.6 is 0 Å². The van der Waals surface area contributed by atoms with E-state index in [1.54, 1.807) is 52.2 Å². The number of alkyl halides is 1. The maximum atomic E-state index is 15.1. The number of pyridine rings is 1. The summed E-state index contributed by atoms with van der Waals surface area (Å²) in [6.45, 7) is 19.9. The monoisotopic (exact) mass is 1070 g/mol. The predicted octanol–water partition coefficient (Wildman–Crippen LogP) is 4.81. The molecule has 18 nitrogen and oxygen atoms in total. The molecular weight excluding hydrogens is 980 g/mol. The van der Waals surface area contributed by atoms with Crippen LogP contribution < -0.4 is 11.0 Å². The van der Waals surface area contributed by atoms with Crippen LogP contribution in [0.1, 0.15) is 126 Å². The Morgan fingerprint density at radius 2 is 1.71 bits per heavy atom. The van der Waals surface area contributed by atoms with Crippen molar-refractivity contribution < 1.29 is 68.3 Å². The molecule has 3 saturated heterocycles. The Bertz CT molecular complexity index is 2210. The molecule has 0 amide bonds. The number of nitrogens with zero attached hydrogens (tertiary/aromatic N) is 4. The lowest BCUT2D eigenvalue weighted by Crippen LogP contribution is -2.91. The number of carbonyl (C=O) groups excluding carboxylic acids is 2. The molecule has 0 saturated carbocycles. The van der Waals surface area contributed by atoms with Crippen molar-refractivity contribution in [1.82, 2.24) is 25.3 Å². The van der Waals surface area contributed by atoms with E-state index in [4.69, 9.17) is 28.4 Å².